The average molecular weight is 1560 g/mol. The molecule has 15 rings (SSSR count). The van der Waals surface area contributed by atoms with Crippen LogP contribution in [0.2, 0.25) is 0 Å². The van der Waals surface area contributed by atoms with Gasteiger partial charge in [-0.15, -0.1) is 114 Å². The molecule has 0 saturated carbocycles. The first-order chi connectivity index (χ1) is 46.4. The van der Waals surface area contributed by atoms with Crippen molar-refractivity contribution in [1.82, 2.24) is 24.9 Å². The van der Waals surface area contributed by atoms with Crippen LogP contribution < -0.4 is 0 Å². The molecule has 25 heteroatoms. The van der Waals surface area contributed by atoms with Gasteiger partial charge in [0.25, 0.3) is 0 Å². The molecule has 0 bridgehead atoms. The maximum absolute atomic E-state index is 9.12. The van der Waals surface area contributed by atoms with E-state index in [0.29, 0.717) is 0 Å². The van der Waals surface area contributed by atoms with Crippen molar-refractivity contribution in [3.63, 3.8) is 0 Å². The summed E-state index contributed by atoms with van der Waals surface area (Å²) in [5.74, 6) is 0. The number of fused-ring (bicyclic) bond motifs is 5. The van der Waals surface area contributed by atoms with Crippen LogP contribution in [0.5, 0.6) is 0 Å². The Kier molecular flexibility index (Phi) is 29.3. The standard InChI is InChI=1S/C14H13NOS2.C14H13NS2.C13H10BrNS2.2C13H11NS2.C2H3N.CH3Cl.2CH3NO2/c1-8-3-4-9(2)13-12(8)15-14(18-13)11-6-5-10(7-16)17-11;1-8-4-5-9(2)13-12(8)15-14(17-13)11-7-6-10(3)16-11;1-7-3-4-8(2)12-11(7)15-13(17-12)9-5-6-10(14)16-9;1-8-3-4-9(2)12-11(8)14-13(16-12)10-5-6-15-7-10;1-8-5-6-9(2)12-11(8)14-13(16-12)10-4-3-7-15-10;1-2-3;1-2;2*1-2(3)4/h3-6,16H,7H2,1-2H3;4-7H,1-3H3;3-6H,1-2H3;2*3-7H,1-2H3;1H3;1H3;2*1H3. The molecule has 0 aliphatic carbocycles. The number of aliphatic hydroxyl groups excluding tert-OH is 1. The van der Waals surface area contributed by atoms with Crippen LogP contribution >= 0.6 is 141 Å². The van der Waals surface area contributed by atoms with Crippen LogP contribution in [-0.4, -0.2) is 60.4 Å². The van der Waals surface area contributed by atoms with Crippen LogP contribution in [-0.2, 0) is 6.61 Å². The van der Waals surface area contributed by atoms with Gasteiger partial charge in [0.15, 0.2) is 14.1 Å². The lowest BCUT2D eigenvalue weighted by atomic mass is 10.1. The van der Waals surface area contributed by atoms with Crippen molar-refractivity contribution in [2.45, 2.75) is 89.7 Å². The highest BCUT2D eigenvalue weighted by molar-refractivity contribution is 9.11. The van der Waals surface area contributed by atoms with Gasteiger partial charge in [0.1, 0.15) is 25.0 Å². The second-order valence-corrected chi connectivity index (χ2v) is 33.2. The van der Waals surface area contributed by atoms with Gasteiger partial charge >= 0.3 is 0 Å². The van der Waals surface area contributed by atoms with Crippen molar-refractivity contribution in [3.05, 3.63) is 221 Å². The van der Waals surface area contributed by atoms with Crippen LogP contribution in [0, 0.1) is 108 Å². The van der Waals surface area contributed by atoms with Gasteiger partial charge < -0.3 is 5.11 Å². The molecule has 0 atom stereocenters. The van der Waals surface area contributed by atoms with Gasteiger partial charge in [0, 0.05) is 43.9 Å². The zero-order valence-corrected chi connectivity index (χ0v) is 66.4. The van der Waals surface area contributed by atoms with Crippen molar-refractivity contribution in [2.75, 3.05) is 20.5 Å². The minimum absolute atomic E-state index is 0.105. The summed E-state index contributed by atoms with van der Waals surface area (Å²) in [6.45, 7) is 25.0. The zero-order chi connectivity index (χ0) is 70.8. The molecule has 97 heavy (non-hydrogen) atoms. The molecule has 0 spiro atoms. The Bertz CT molecular complexity index is 4690. The first kappa shape index (κ1) is 77.4. The monoisotopic (exact) mass is 1560 g/mol. The van der Waals surface area contributed by atoms with Gasteiger partial charge in [-0.05, 0) is 207 Å². The number of alkyl halides is 1. The number of aromatic nitrogens is 5. The molecule has 0 fully saturated rings. The fraction of sp³-hybridized carbons (Fsp3) is 0.222. The molecular weight excluding hydrogens is 1490 g/mol. The zero-order valence-electron chi connectivity index (χ0n) is 55.9. The fourth-order valence-corrected chi connectivity index (χ4v) is 19.5. The number of aryl methyl sites for hydroxylation is 11. The van der Waals surface area contributed by atoms with Gasteiger partial charge in [0.2, 0.25) is 0 Å². The van der Waals surface area contributed by atoms with Crippen LogP contribution in [0.15, 0.2) is 135 Å². The quantitative estimate of drug-likeness (QED) is 0.0945. The van der Waals surface area contributed by atoms with E-state index in [2.05, 4.69) is 223 Å². The molecule has 0 radical (unpaired) electrons. The molecule has 10 heterocycles. The van der Waals surface area contributed by atoms with E-state index in [1.165, 1.54) is 118 Å². The Morgan fingerprint density at radius 1 is 0.443 bits per heavy atom. The van der Waals surface area contributed by atoms with Gasteiger partial charge in [-0.1, -0.05) is 66.7 Å². The summed E-state index contributed by atoms with van der Waals surface area (Å²) in [7, 11) is 1.78. The number of thiazole rings is 5. The molecule has 0 amide bonds. The number of nitriles is 1. The predicted octanol–water partition coefficient (Wildman–Crippen LogP) is 24.9. The fourth-order valence-electron chi connectivity index (χ4n) is 9.18. The van der Waals surface area contributed by atoms with Crippen LogP contribution in [0.4, 0.5) is 0 Å². The van der Waals surface area contributed by atoms with E-state index < -0.39 is 9.85 Å². The number of hydrogen-bond donors (Lipinski definition) is 1. The summed E-state index contributed by atoms with van der Waals surface area (Å²) in [6, 6.07) is 42.2. The molecule has 0 saturated heterocycles. The Labute approximate surface area is 618 Å². The lowest BCUT2D eigenvalue weighted by Crippen LogP contribution is -1.79. The number of nitrogens with zero attached hydrogens (tertiary/aromatic N) is 8. The molecule has 1 N–H and O–H groups in total. The molecule has 0 unspecified atom stereocenters. The molecule has 0 aliphatic rings. The third-order valence-electron chi connectivity index (χ3n) is 14.0. The summed E-state index contributed by atoms with van der Waals surface area (Å²) in [6.07, 6.45) is 1.47. The van der Waals surface area contributed by atoms with Crippen LogP contribution in [0.3, 0.4) is 0 Å². The number of halogens is 2. The van der Waals surface area contributed by atoms with Crippen molar-refractivity contribution in [3.8, 4) is 56.2 Å². The highest BCUT2D eigenvalue weighted by atomic mass is 79.9. The summed E-state index contributed by atoms with van der Waals surface area (Å²) in [4.78, 5) is 47.6. The number of thiophene rings is 5. The smallest absolute Gasteiger partial charge is 0.194 e. The maximum Gasteiger partial charge on any atom is 0.194 e. The second-order valence-electron chi connectivity index (χ2n) is 21.5. The third-order valence-corrected chi connectivity index (χ3v) is 25.9. The molecule has 502 valence electrons. The Morgan fingerprint density at radius 2 is 0.763 bits per heavy atom. The predicted molar refractivity (Wildman–Crippen MR) is 429 cm³/mol. The Balaban J connectivity index is 0.000000163. The molecule has 5 aromatic carbocycles. The summed E-state index contributed by atoms with van der Waals surface area (Å²) >= 11 is 25.7. The van der Waals surface area contributed by atoms with Crippen molar-refractivity contribution in [1.29, 1.82) is 5.26 Å². The Morgan fingerprint density at radius 3 is 1.05 bits per heavy atom. The molecule has 0 aliphatic heterocycles. The van der Waals surface area contributed by atoms with E-state index in [1.54, 1.807) is 108 Å². The lowest BCUT2D eigenvalue weighted by molar-refractivity contribution is -0.445. The first-order valence-corrected chi connectivity index (χ1v) is 39.6. The maximum atomic E-state index is 9.12. The molecule has 13 nitrogen and oxygen atoms in total. The topological polar surface area (TPSA) is 195 Å². The van der Waals surface area contributed by atoms with E-state index in [4.69, 9.17) is 55.5 Å². The summed E-state index contributed by atoms with van der Waals surface area (Å²) < 4.78 is 7.70. The van der Waals surface area contributed by atoms with E-state index in [1.807, 2.05) is 23.5 Å². The largest absolute Gasteiger partial charge is 0.391 e. The van der Waals surface area contributed by atoms with Crippen molar-refractivity contribution in [2.24, 2.45) is 0 Å². The molecule has 10 aromatic heterocycles. The number of hydrogen-bond acceptors (Lipinski definition) is 21. The minimum Gasteiger partial charge on any atom is -0.391 e. The number of aliphatic hydroxyl groups is 1. The van der Waals surface area contributed by atoms with Crippen molar-refractivity contribution >= 4 is 192 Å². The number of nitro groups is 2. The Hall–Kier alpha value is -6.93. The highest BCUT2D eigenvalue weighted by Gasteiger charge is 2.16. The van der Waals surface area contributed by atoms with Crippen LogP contribution in [0.1, 0.15) is 72.3 Å². The minimum atomic E-state index is -0.500. The summed E-state index contributed by atoms with van der Waals surface area (Å²) in [5.41, 5.74) is 19.8. The normalized spacial score (nSPS) is 10.4. The van der Waals surface area contributed by atoms with Crippen LogP contribution in [0.25, 0.3) is 101 Å². The van der Waals surface area contributed by atoms with Gasteiger partial charge in [-0.25, -0.2) is 24.9 Å². The van der Waals surface area contributed by atoms with E-state index >= 15 is 0 Å². The van der Waals surface area contributed by atoms with Gasteiger partial charge in [-0.2, -0.15) is 16.6 Å². The van der Waals surface area contributed by atoms with E-state index in [0.717, 1.165) is 80.3 Å². The highest BCUT2D eigenvalue weighted by Crippen LogP contribution is 2.42. The van der Waals surface area contributed by atoms with Gasteiger partial charge in [0.05, 0.1) is 87.1 Å². The molecular formula is C72H70BrClN8O5S10. The SMILES string of the molecule is CC#N.CCl.C[N+](=O)[O-].C[N+](=O)[O-].Cc1ccc(-c2nc3c(C)ccc(C)c3s2)s1.Cc1ccc(C)c2sc(-c3ccc(Br)s3)nc12.Cc1ccc(C)c2sc(-c3ccc(CO)s3)nc12.Cc1ccc(C)c2sc(-c3cccs3)nc12.Cc1ccc(C)c2sc(-c3ccsc3)nc12. The number of benzene rings is 5. The van der Waals surface area contributed by atoms with Crippen molar-refractivity contribution < 1.29 is 15.0 Å². The average Bonchev–Trinajstić information content (AvgIpc) is 1.70. The first-order valence-electron chi connectivity index (χ1n) is 29.6. The van der Waals surface area contributed by atoms with Gasteiger partial charge in [-0.3, -0.25) is 20.2 Å². The second kappa shape index (κ2) is 36.8. The van der Waals surface area contributed by atoms with E-state index in [9.17, 15) is 0 Å². The third kappa shape index (κ3) is 20.6. The number of rotatable bonds is 6. The van der Waals surface area contributed by atoms with E-state index in [-0.39, 0.29) is 6.61 Å². The lowest BCUT2D eigenvalue weighted by Gasteiger charge is -1.96. The molecule has 15 aromatic rings. The summed E-state index contributed by atoms with van der Waals surface area (Å²) in [5, 5.41) is 46.0.